The molecule has 6 nitrogen and oxygen atoms in total. The highest BCUT2D eigenvalue weighted by Crippen LogP contribution is 2.38. The standard InChI is InChI=1S/C26H33N3O3S2/c1-2-34(31,32)29-10-8-18(9-11-29)24-15-28-25-22(24)13-19(14-23(25)26(27)30)20-12-21(33-16-20)7-6-17-4-3-5-17/h12-18,28H,2-11H2,1H3,(H2,27,30). The summed E-state index contributed by atoms with van der Waals surface area (Å²) in [6.07, 6.45) is 10.0. The number of carbonyl (C=O) groups is 1. The van der Waals surface area contributed by atoms with Crippen LogP contribution in [0.25, 0.3) is 22.0 Å². The lowest BCUT2D eigenvalue weighted by atomic mass is 9.82. The monoisotopic (exact) mass is 499 g/mol. The molecule has 1 aromatic carbocycles. The van der Waals surface area contributed by atoms with E-state index in [1.165, 1.54) is 30.6 Å². The molecular formula is C26H33N3O3S2. The van der Waals surface area contributed by atoms with Gasteiger partial charge in [-0.05, 0) is 84.7 Å². The summed E-state index contributed by atoms with van der Waals surface area (Å²) in [5.41, 5.74) is 10.3. The molecule has 1 saturated carbocycles. The van der Waals surface area contributed by atoms with Crippen LogP contribution >= 0.6 is 11.3 Å². The van der Waals surface area contributed by atoms with Gasteiger partial charge in [-0.25, -0.2) is 12.7 Å². The third-order valence-corrected chi connectivity index (χ3v) is 10.6. The van der Waals surface area contributed by atoms with Gasteiger partial charge in [0.1, 0.15) is 0 Å². The Morgan fingerprint density at radius 3 is 2.56 bits per heavy atom. The molecule has 2 aromatic heterocycles. The molecule has 1 amide bonds. The molecule has 0 radical (unpaired) electrons. The van der Waals surface area contributed by atoms with Crippen LogP contribution in [0.2, 0.25) is 0 Å². The van der Waals surface area contributed by atoms with Crippen molar-refractivity contribution in [3.8, 4) is 11.1 Å². The van der Waals surface area contributed by atoms with Crippen molar-refractivity contribution >= 4 is 38.2 Å². The van der Waals surface area contributed by atoms with Gasteiger partial charge in [0.2, 0.25) is 10.0 Å². The third-order valence-electron chi connectivity index (χ3n) is 7.75. The first-order valence-corrected chi connectivity index (χ1v) is 14.8. The number of fused-ring (bicyclic) bond motifs is 1. The Morgan fingerprint density at radius 2 is 1.91 bits per heavy atom. The number of aromatic amines is 1. The van der Waals surface area contributed by atoms with Crippen molar-refractivity contribution in [2.24, 2.45) is 11.7 Å². The molecule has 3 N–H and O–H groups in total. The number of amides is 1. The maximum Gasteiger partial charge on any atom is 0.250 e. The van der Waals surface area contributed by atoms with Gasteiger partial charge < -0.3 is 10.7 Å². The minimum atomic E-state index is -3.16. The minimum Gasteiger partial charge on any atom is -0.366 e. The van der Waals surface area contributed by atoms with E-state index in [4.69, 9.17) is 5.73 Å². The van der Waals surface area contributed by atoms with E-state index < -0.39 is 15.9 Å². The number of aryl methyl sites for hydroxylation is 1. The summed E-state index contributed by atoms with van der Waals surface area (Å²) in [7, 11) is -3.16. The van der Waals surface area contributed by atoms with E-state index in [1.807, 2.05) is 12.3 Å². The van der Waals surface area contributed by atoms with E-state index in [-0.39, 0.29) is 11.7 Å². The Labute approximate surface area is 205 Å². The maximum atomic E-state index is 12.3. The number of aromatic nitrogens is 1. The van der Waals surface area contributed by atoms with E-state index in [9.17, 15) is 13.2 Å². The van der Waals surface area contributed by atoms with Crippen molar-refractivity contribution in [2.75, 3.05) is 18.8 Å². The summed E-state index contributed by atoms with van der Waals surface area (Å²) in [5, 5.41) is 3.20. The second kappa shape index (κ2) is 9.47. The number of benzene rings is 1. The van der Waals surface area contributed by atoms with Crippen LogP contribution in [0.4, 0.5) is 0 Å². The number of piperidine rings is 1. The van der Waals surface area contributed by atoms with Crippen molar-refractivity contribution in [3.63, 3.8) is 0 Å². The predicted octanol–water partition coefficient (Wildman–Crippen LogP) is 5.26. The largest absolute Gasteiger partial charge is 0.366 e. The molecular weight excluding hydrogens is 466 g/mol. The summed E-state index contributed by atoms with van der Waals surface area (Å²) in [4.78, 5) is 17.0. The van der Waals surface area contributed by atoms with Gasteiger partial charge in [0, 0.05) is 29.5 Å². The normalized spacial score (nSPS) is 18.4. The van der Waals surface area contributed by atoms with Crippen LogP contribution in [0.15, 0.2) is 29.8 Å². The fourth-order valence-electron chi connectivity index (χ4n) is 5.37. The summed E-state index contributed by atoms with van der Waals surface area (Å²) in [5.74, 6) is 0.835. The predicted molar refractivity (Wildman–Crippen MR) is 139 cm³/mol. The molecule has 34 heavy (non-hydrogen) atoms. The van der Waals surface area contributed by atoms with Gasteiger partial charge in [-0.2, -0.15) is 0 Å². The van der Waals surface area contributed by atoms with Crippen molar-refractivity contribution in [2.45, 2.75) is 57.8 Å². The van der Waals surface area contributed by atoms with Crippen LogP contribution in [0.3, 0.4) is 0 Å². The van der Waals surface area contributed by atoms with Crippen molar-refractivity contribution in [1.29, 1.82) is 0 Å². The fourth-order valence-corrected chi connectivity index (χ4v) is 7.42. The number of nitrogens with zero attached hydrogens (tertiary/aromatic N) is 1. The molecule has 0 bridgehead atoms. The number of nitrogens with two attached hydrogens (primary N) is 1. The number of carbonyl (C=O) groups excluding carboxylic acids is 1. The first-order chi connectivity index (χ1) is 16.4. The van der Waals surface area contributed by atoms with Gasteiger partial charge in [0.25, 0.3) is 5.91 Å². The Bertz CT molecular complexity index is 1300. The second-order valence-electron chi connectivity index (χ2n) is 9.77. The number of hydrogen-bond acceptors (Lipinski definition) is 4. The zero-order valence-corrected chi connectivity index (χ0v) is 21.3. The molecule has 2 aliphatic rings. The number of hydrogen-bond donors (Lipinski definition) is 2. The summed E-state index contributed by atoms with van der Waals surface area (Å²) < 4.78 is 26.1. The van der Waals surface area contributed by atoms with Crippen LogP contribution in [-0.2, 0) is 16.4 Å². The van der Waals surface area contributed by atoms with E-state index in [0.29, 0.717) is 18.7 Å². The zero-order chi connectivity index (χ0) is 23.9. The van der Waals surface area contributed by atoms with Gasteiger partial charge in [0.15, 0.2) is 0 Å². The quantitative estimate of drug-likeness (QED) is 0.443. The number of H-pyrrole nitrogens is 1. The number of sulfonamides is 1. The molecule has 182 valence electrons. The Balaban J connectivity index is 1.43. The Hall–Kier alpha value is -2.16. The lowest BCUT2D eigenvalue weighted by Crippen LogP contribution is -2.38. The molecule has 1 aliphatic heterocycles. The van der Waals surface area contributed by atoms with Gasteiger partial charge >= 0.3 is 0 Å². The molecule has 2 fully saturated rings. The van der Waals surface area contributed by atoms with Crippen molar-refractivity contribution < 1.29 is 13.2 Å². The van der Waals surface area contributed by atoms with Crippen LogP contribution in [-0.4, -0.2) is 42.5 Å². The molecule has 3 heterocycles. The Morgan fingerprint density at radius 1 is 1.15 bits per heavy atom. The fraction of sp³-hybridized carbons (Fsp3) is 0.500. The lowest BCUT2D eigenvalue weighted by molar-refractivity contribution is 0.100. The first-order valence-electron chi connectivity index (χ1n) is 12.4. The van der Waals surface area contributed by atoms with Gasteiger partial charge in [-0.1, -0.05) is 19.3 Å². The minimum absolute atomic E-state index is 0.138. The number of thiophene rings is 1. The average Bonchev–Trinajstić information content (AvgIpc) is 3.44. The number of primary amides is 1. The van der Waals surface area contributed by atoms with Crippen LogP contribution in [0.1, 0.15) is 72.2 Å². The maximum absolute atomic E-state index is 12.3. The van der Waals surface area contributed by atoms with Crippen LogP contribution < -0.4 is 5.73 Å². The smallest absolute Gasteiger partial charge is 0.250 e. The van der Waals surface area contributed by atoms with Crippen molar-refractivity contribution in [3.05, 3.63) is 45.8 Å². The molecule has 3 aromatic rings. The molecule has 8 heteroatoms. The van der Waals surface area contributed by atoms with E-state index >= 15 is 0 Å². The highest BCUT2D eigenvalue weighted by molar-refractivity contribution is 7.89. The van der Waals surface area contributed by atoms with E-state index in [0.717, 1.165) is 52.8 Å². The third kappa shape index (κ3) is 4.55. The van der Waals surface area contributed by atoms with Crippen LogP contribution in [0, 0.1) is 5.92 Å². The molecule has 5 rings (SSSR count). The highest BCUT2D eigenvalue weighted by Gasteiger charge is 2.29. The summed E-state index contributed by atoms with van der Waals surface area (Å²) in [6, 6.07) is 6.33. The van der Waals surface area contributed by atoms with Gasteiger partial charge in [0.05, 0.1) is 16.8 Å². The summed E-state index contributed by atoms with van der Waals surface area (Å²) >= 11 is 1.79. The Kier molecular flexibility index (Phi) is 6.57. The average molecular weight is 500 g/mol. The SMILES string of the molecule is CCS(=O)(=O)N1CCC(c2c[nH]c3c(C(N)=O)cc(-c4csc(CCC5CCC5)c4)cc23)CC1. The van der Waals surface area contributed by atoms with E-state index in [2.05, 4.69) is 22.5 Å². The number of rotatable bonds is 8. The molecule has 0 atom stereocenters. The van der Waals surface area contributed by atoms with Gasteiger partial charge in [-0.15, -0.1) is 11.3 Å². The molecule has 0 unspecified atom stereocenters. The summed E-state index contributed by atoms with van der Waals surface area (Å²) in [6.45, 7) is 2.76. The van der Waals surface area contributed by atoms with Gasteiger partial charge in [-0.3, -0.25) is 4.79 Å². The zero-order valence-electron chi connectivity index (χ0n) is 19.7. The van der Waals surface area contributed by atoms with Crippen molar-refractivity contribution in [1.82, 2.24) is 9.29 Å². The first kappa shape index (κ1) is 23.6. The number of nitrogens with one attached hydrogen (secondary N) is 1. The highest BCUT2D eigenvalue weighted by atomic mass is 32.2. The second-order valence-corrected chi connectivity index (χ2v) is 13.0. The van der Waals surface area contributed by atoms with E-state index in [1.54, 1.807) is 22.6 Å². The molecule has 0 spiro atoms. The molecule has 1 aliphatic carbocycles. The molecule has 1 saturated heterocycles. The topological polar surface area (TPSA) is 96.3 Å². The lowest BCUT2D eigenvalue weighted by Gasteiger charge is -2.31. The van der Waals surface area contributed by atoms with Crippen LogP contribution in [0.5, 0.6) is 0 Å².